The fourth-order valence-electron chi connectivity index (χ4n) is 3.50. The van der Waals surface area contributed by atoms with Gasteiger partial charge < -0.3 is 14.4 Å². The molecule has 0 bridgehead atoms. The lowest BCUT2D eigenvalue weighted by atomic mass is 9.95. The van der Waals surface area contributed by atoms with Crippen molar-refractivity contribution in [2.45, 2.75) is 52.9 Å². The van der Waals surface area contributed by atoms with Crippen LogP contribution in [0.25, 0.3) is 0 Å². The minimum Gasteiger partial charge on any atom is -0.494 e. The van der Waals surface area contributed by atoms with Crippen LogP contribution in [0.3, 0.4) is 0 Å². The van der Waals surface area contributed by atoms with Gasteiger partial charge in [-0.05, 0) is 69.2 Å². The number of esters is 1. The second-order valence-corrected chi connectivity index (χ2v) is 7.31. The molecule has 6 heteroatoms. The number of rotatable bonds is 8. The second kappa shape index (κ2) is 10.7. The molecule has 1 fully saturated rings. The molecule has 1 atom stereocenters. The maximum absolute atomic E-state index is 12.3. The van der Waals surface area contributed by atoms with E-state index < -0.39 is 0 Å². The van der Waals surface area contributed by atoms with Gasteiger partial charge in [-0.2, -0.15) is 5.26 Å². The van der Waals surface area contributed by atoms with Crippen LogP contribution in [-0.4, -0.2) is 43.1 Å². The van der Waals surface area contributed by atoms with Crippen LogP contribution in [-0.2, 0) is 14.3 Å². The molecule has 1 aliphatic heterocycles. The van der Waals surface area contributed by atoms with Gasteiger partial charge in [-0.25, -0.2) is 0 Å². The van der Waals surface area contributed by atoms with E-state index >= 15 is 0 Å². The van der Waals surface area contributed by atoms with E-state index in [1.54, 1.807) is 13.0 Å². The zero-order chi connectivity index (χ0) is 20.5. The van der Waals surface area contributed by atoms with E-state index in [-0.39, 0.29) is 24.7 Å². The molecule has 0 aromatic heterocycles. The van der Waals surface area contributed by atoms with Gasteiger partial charge in [0.25, 0.3) is 0 Å². The Morgan fingerprint density at radius 3 is 2.79 bits per heavy atom. The van der Waals surface area contributed by atoms with E-state index in [2.05, 4.69) is 6.07 Å². The van der Waals surface area contributed by atoms with Crippen LogP contribution in [0.5, 0.6) is 5.75 Å². The summed E-state index contributed by atoms with van der Waals surface area (Å²) in [6.45, 7) is 8.04. The lowest BCUT2D eigenvalue weighted by Gasteiger charge is -2.33. The number of hydrogen-bond donors (Lipinski definition) is 0. The van der Waals surface area contributed by atoms with Crippen LogP contribution in [0.1, 0.15) is 55.7 Å². The molecule has 0 aliphatic carbocycles. The highest BCUT2D eigenvalue weighted by Gasteiger charge is 2.24. The molecule has 152 valence electrons. The van der Waals surface area contributed by atoms with Gasteiger partial charge in [0.1, 0.15) is 5.75 Å². The monoisotopic (exact) mass is 386 g/mol. The van der Waals surface area contributed by atoms with E-state index in [0.29, 0.717) is 31.2 Å². The Hall–Kier alpha value is -2.55. The number of nitriles is 1. The van der Waals surface area contributed by atoms with Crippen molar-refractivity contribution in [2.75, 3.05) is 26.3 Å². The van der Waals surface area contributed by atoms with Crippen LogP contribution in [0.2, 0.25) is 0 Å². The lowest BCUT2D eigenvalue weighted by molar-refractivity contribution is -0.146. The van der Waals surface area contributed by atoms with Gasteiger partial charge >= 0.3 is 5.97 Å². The zero-order valence-electron chi connectivity index (χ0n) is 17.1. The SMILES string of the molecule is CCOC(=O)CCC(=O)N1CCCC(CCOc2cc(C)c(C)c(C#N)c2)C1. The van der Waals surface area contributed by atoms with E-state index in [9.17, 15) is 14.9 Å². The van der Waals surface area contributed by atoms with Crippen LogP contribution in [0.15, 0.2) is 12.1 Å². The largest absolute Gasteiger partial charge is 0.494 e. The minimum absolute atomic E-state index is 0.0199. The average molecular weight is 386 g/mol. The predicted molar refractivity (Wildman–Crippen MR) is 106 cm³/mol. The van der Waals surface area contributed by atoms with Crippen molar-refractivity contribution in [3.8, 4) is 11.8 Å². The molecule has 2 rings (SSSR count). The van der Waals surface area contributed by atoms with E-state index in [4.69, 9.17) is 9.47 Å². The van der Waals surface area contributed by atoms with Gasteiger partial charge in [0.15, 0.2) is 0 Å². The van der Waals surface area contributed by atoms with Crippen molar-refractivity contribution >= 4 is 11.9 Å². The number of likely N-dealkylation sites (tertiary alicyclic amines) is 1. The number of nitrogens with zero attached hydrogens (tertiary/aromatic N) is 2. The smallest absolute Gasteiger partial charge is 0.306 e. The summed E-state index contributed by atoms with van der Waals surface area (Å²) in [5, 5.41) is 9.21. The topological polar surface area (TPSA) is 79.6 Å². The summed E-state index contributed by atoms with van der Waals surface area (Å²) < 4.78 is 10.8. The Morgan fingerprint density at radius 2 is 2.07 bits per heavy atom. The second-order valence-electron chi connectivity index (χ2n) is 7.31. The zero-order valence-corrected chi connectivity index (χ0v) is 17.1. The summed E-state index contributed by atoms with van der Waals surface area (Å²) in [6.07, 6.45) is 3.25. The number of carbonyl (C=O) groups excluding carboxylic acids is 2. The van der Waals surface area contributed by atoms with Crippen LogP contribution >= 0.6 is 0 Å². The van der Waals surface area contributed by atoms with Crippen LogP contribution in [0.4, 0.5) is 0 Å². The van der Waals surface area contributed by atoms with Crippen LogP contribution < -0.4 is 4.74 Å². The summed E-state index contributed by atoms with van der Waals surface area (Å²) in [4.78, 5) is 25.6. The first kappa shape index (κ1) is 21.7. The number of carbonyl (C=O) groups is 2. The summed E-state index contributed by atoms with van der Waals surface area (Å²) in [5.41, 5.74) is 2.68. The van der Waals surface area contributed by atoms with Gasteiger partial charge in [0, 0.05) is 19.5 Å². The fourth-order valence-corrected chi connectivity index (χ4v) is 3.50. The van der Waals surface area contributed by atoms with Gasteiger partial charge in [0.2, 0.25) is 5.91 Å². The molecule has 1 heterocycles. The molecule has 0 N–H and O–H groups in total. The number of benzene rings is 1. The molecule has 1 aromatic carbocycles. The first-order valence-corrected chi connectivity index (χ1v) is 10.0. The Morgan fingerprint density at radius 1 is 1.29 bits per heavy atom. The van der Waals surface area contributed by atoms with Crippen molar-refractivity contribution in [1.82, 2.24) is 4.90 Å². The minimum atomic E-state index is -0.317. The molecular weight excluding hydrogens is 356 g/mol. The highest BCUT2D eigenvalue weighted by Crippen LogP contribution is 2.24. The average Bonchev–Trinajstić information content (AvgIpc) is 2.69. The first-order chi connectivity index (χ1) is 13.4. The lowest BCUT2D eigenvalue weighted by Crippen LogP contribution is -2.40. The van der Waals surface area contributed by atoms with Crippen molar-refractivity contribution in [3.05, 3.63) is 28.8 Å². The maximum Gasteiger partial charge on any atom is 0.306 e. The van der Waals surface area contributed by atoms with Crippen molar-refractivity contribution in [1.29, 1.82) is 5.26 Å². The van der Waals surface area contributed by atoms with Crippen molar-refractivity contribution in [3.63, 3.8) is 0 Å². The molecule has 0 saturated carbocycles. The van der Waals surface area contributed by atoms with Gasteiger partial charge in [-0.1, -0.05) is 0 Å². The molecule has 6 nitrogen and oxygen atoms in total. The van der Waals surface area contributed by atoms with Gasteiger partial charge in [0.05, 0.1) is 31.3 Å². The third-order valence-corrected chi connectivity index (χ3v) is 5.28. The number of aryl methyl sites for hydroxylation is 1. The van der Waals surface area contributed by atoms with Crippen molar-refractivity contribution in [2.24, 2.45) is 5.92 Å². The Kier molecular flexibility index (Phi) is 8.31. The number of piperidine rings is 1. The van der Waals surface area contributed by atoms with E-state index in [0.717, 1.165) is 42.7 Å². The first-order valence-electron chi connectivity index (χ1n) is 10.0. The van der Waals surface area contributed by atoms with Crippen molar-refractivity contribution < 1.29 is 19.1 Å². The normalized spacial score (nSPS) is 16.4. The third kappa shape index (κ3) is 6.26. The summed E-state index contributed by atoms with van der Waals surface area (Å²) >= 11 is 0. The summed E-state index contributed by atoms with van der Waals surface area (Å²) in [6, 6.07) is 5.95. The van der Waals surface area contributed by atoms with Gasteiger partial charge in [-0.15, -0.1) is 0 Å². The van der Waals surface area contributed by atoms with Crippen LogP contribution in [0, 0.1) is 31.1 Å². The highest BCUT2D eigenvalue weighted by atomic mass is 16.5. The molecule has 1 saturated heterocycles. The maximum atomic E-state index is 12.3. The van der Waals surface area contributed by atoms with Gasteiger partial charge in [-0.3, -0.25) is 9.59 Å². The molecule has 1 amide bonds. The standard InChI is InChI=1S/C22H30N2O4/c1-4-27-22(26)8-7-21(25)24-10-5-6-18(15-24)9-11-28-20-12-16(2)17(3)19(13-20)14-23/h12-13,18H,4-11,15H2,1-3H3. The number of hydrogen-bond acceptors (Lipinski definition) is 5. The number of amides is 1. The Balaban J connectivity index is 1.79. The highest BCUT2D eigenvalue weighted by molar-refractivity contribution is 5.81. The molecule has 28 heavy (non-hydrogen) atoms. The molecule has 0 spiro atoms. The molecule has 1 aliphatic rings. The molecule has 0 radical (unpaired) electrons. The molecule has 1 aromatic rings. The number of ether oxygens (including phenoxy) is 2. The molecular formula is C22H30N2O4. The summed E-state index contributed by atoms with van der Waals surface area (Å²) in [7, 11) is 0. The summed E-state index contributed by atoms with van der Waals surface area (Å²) in [5.74, 6) is 0.814. The third-order valence-electron chi connectivity index (χ3n) is 5.28. The Labute approximate surface area is 167 Å². The molecule has 1 unspecified atom stereocenters. The van der Waals surface area contributed by atoms with E-state index in [1.807, 2.05) is 24.8 Å². The fraction of sp³-hybridized carbons (Fsp3) is 0.591. The van der Waals surface area contributed by atoms with E-state index in [1.165, 1.54) is 0 Å². The quantitative estimate of drug-likeness (QED) is 0.639. The Bertz CT molecular complexity index is 739. The predicted octanol–water partition coefficient (Wildman–Crippen LogP) is 3.53.